The lowest BCUT2D eigenvalue weighted by molar-refractivity contribution is -1.73. The Morgan fingerprint density at radius 1 is 0.542 bits per heavy atom. The molecular weight excluding hydrogens is 417 g/mol. The number of quaternary nitrogens is 1. The van der Waals surface area contributed by atoms with Gasteiger partial charge in [-0.2, -0.15) is 0 Å². The summed E-state index contributed by atoms with van der Waals surface area (Å²) in [6, 6.07) is 0. The number of rotatable bonds is 15. The fourth-order valence-electron chi connectivity index (χ4n) is 2.78. The van der Waals surface area contributed by atoms with E-state index in [0.717, 1.165) is 4.48 Å². The molecule has 0 aliphatic heterocycles. The highest BCUT2D eigenvalue weighted by molar-refractivity contribution is 4.49. The molecule has 0 unspecified atom stereocenters. The van der Waals surface area contributed by atoms with E-state index in [-0.39, 0.29) is 0 Å². The largest absolute Gasteiger partial charge is 0.427 e. The molecule has 0 amide bonds. The topological polar surface area (TPSA) is 69.2 Å². The smallest absolute Gasteiger partial charge is 0.282 e. The molecule has 24 heavy (non-hydrogen) atoms. The van der Waals surface area contributed by atoms with Crippen LogP contribution in [0, 0.1) is 0 Å². The second kappa shape index (κ2) is 19.9. The zero-order valence-electron chi connectivity index (χ0n) is 16.7. The highest BCUT2D eigenvalue weighted by atomic mass is 127. The maximum atomic E-state index is 8.57. The molecule has 0 saturated heterocycles. The third kappa shape index (κ3) is 34.0. The Morgan fingerprint density at radius 3 is 1.04 bits per heavy atom. The van der Waals surface area contributed by atoms with Crippen LogP contribution in [-0.2, 0) is 0 Å². The van der Waals surface area contributed by atoms with Crippen molar-refractivity contribution in [2.24, 2.45) is 0 Å². The first-order chi connectivity index (χ1) is 11.3. The molecule has 0 N–H and O–H groups in total. The molecule has 0 rings (SSSR count). The monoisotopic (exact) mass is 459 g/mol. The van der Waals surface area contributed by atoms with Crippen LogP contribution in [0.25, 0.3) is 0 Å². The van der Waals surface area contributed by atoms with Crippen LogP contribution in [0.2, 0.25) is 0 Å². The van der Waals surface area contributed by atoms with Gasteiger partial charge in [0.05, 0.1) is 27.7 Å². The van der Waals surface area contributed by atoms with Crippen LogP contribution < -0.4 is 31.4 Å². The summed E-state index contributed by atoms with van der Waals surface area (Å²) in [4.78, 5) is 0. The lowest BCUT2D eigenvalue weighted by Crippen LogP contribution is -4.05. The molecule has 0 aromatic rings. The minimum atomic E-state index is -4.01. The molecule has 0 spiro atoms. The summed E-state index contributed by atoms with van der Waals surface area (Å²) in [6.45, 7) is 3.63. The van der Waals surface area contributed by atoms with Crippen LogP contribution in [0.15, 0.2) is 0 Å². The molecule has 0 fully saturated rings. The van der Waals surface area contributed by atoms with Gasteiger partial charge in [-0.3, -0.25) is 0 Å². The quantitative estimate of drug-likeness (QED) is 0.190. The van der Waals surface area contributed by atoms with Gasteiger partial charge in [0.1, 0.15) is 0 Å². The first-order valence-electron chi connectivity index (χ1n) is 9.83. The first-order valence-corrected chi connectivity index (χ1v) is 12.5. The normalized spacial score (nSPS) is 11.5. The zero-order chi connectivity index (χ0) is 18.7. The van der Waals surface area contributed by atoms with Gasteiger partial charge in [-0.05, 0) is 12.8 Å². The van der Waals surface area contributed by atoms with Crippen molar-refractivity contribution in [3.63, 3.8) is 0 Å². The summed E-state index contributed by atoms with van der Waals surface area (Å²) in [5.41, 5.74) is 0. The third-order valence-corrected chi connectivity index (χ3v) is 4.18. The van der Waals surface area contributed by atoms with Gasteiger partial charge in [-0.15, -0.1) is 0 Å². The predicted octanol–water partition coefficient (Wildman–Crippen LogP) is -0.389. The van der Waals surface area contributed by atoms with E-state index in [1.165, 1.54) is 96.4 Å². The molecular formula is C19H42INO3. The highest BCUT2D eigenvalue weighted by Crippen LogP contribution is 2.13. The van der Waals surface area contributed by atoms with Crippen molar-refractivity contribution in [3.05, 3.63) is 0 Å². The van der Waals surface area contributed by atoms with Gasteiger partial charge in [-0.25, -0.2) is 0 Å². The van der Waals surface area contributed by atoms with Crippen LogP contribution >= 0.6 is 0 Å². The summed E-state index contributed by atoms with van der Waals surface area (Å²) in [6.07, 6.45) is 20.4. The SMILES string of the molecule is CCCCCCCCCCCCCCCC[N+](C)(C)C.[O-][I+2]([O-])[O-]. The van der Waals surface area contributed by atoms with E-state index in [0.29, 0.717) is 0 Å². The fraction of sp³-hybridized carbons (Fsp3) is 1.00. The predicted molar refractivity (Wildman–Crippen MR) is 93.2 cm³/mol. The Balaban J connectivity index is 0. The van der Waals surface area contributed by atoms with E-state index in [9.17, 15) is 0 Å². The average molecular weight is 459 g/mol. The molecule has 4 nitrogen and oxygen atoms in total. The molecule has 0 aromatic carbocycles. The maximum absolute atomic E-state index is 8.57. The summed E-state index contributed by atoms with van der Waals surface area (Å²) in [7, 11) is 6.88. The van der Waals surface area contributed by atoms with E-state index in [4.69, 9.17) is 10.3 Å². The van der Waals surface area contributed by atoms with Crippen molar-refractivity contribution in [2.45, 2.75) is 96.8 Å². The van der Waals surface area contributed by atoms with E-state index < -0.39 is 21.1 Å². The molecule has 0 atom stereocenters. The van der Waals surface area contributed by atoms with Gasteiger partial charge in [0.15, 0.2) is 0 Å². The van der Waals surface area contributed by atoms with Crippen molar-refractivity contribution in [2.75, 3.05) is 27.7 Å². The Morgan fingerprint density at radius 2 is 0.792 bits per heavy atom. The molecule has 0 aromatic heterocycles. The van der Waals surface area contributed by atoms with Crippen molar-refractivity contribution < 1.29 is 35.9 Å². The van der Waals surface area contributed by atoms with Crippen molar-refractivity contribution >= 4 is 0 Å². The van der Waals surface area contributed by atoms with Crippen LogP contribution in [0.1, 0.15) is 96.8 Å². The van der Waals surface area contributed by atoms with Crippen LogP contribution in [-0.4, -0.2) is 32.2 Å². The Labute approximate surface area is 160 Å². The van der Waals surface area contributed by atoms with Crippen LogP contribution in [0.4, 0.5) is 0 Å². The van der Waals surface area contributed by atoms with E-state index >= 15 is 0 Å². The van der Waals surface area contributed by atoms with Crippen molar-refractivity contribution in [1.82, 2.24) is 0 Å². The molecule has 0 aliphatic rings. The number of hydrogen-bond donors (Lipinski definition) is 0. The molecule has 148 valence electrons. The lowest BCUT2D eigenvalue weighted by Gasteiger charge is -2.23. The minimum absolute atomic E-state index is 1.12. The Kier molecular flexibility index (Phi) is 22.2. The average Bonchev–Trinajstić information content (AvgIpc) is 2.46. The maximum Gasteiger partial charge on any atom is 0.282 e. The van der Waals surface area contributed by atoms with Gasteiger partial charge >= 0.3 is 0 Å². The summed E-state index contributed by atoms with van der Waals surface area (Å²) < 4.78 is 26.8. The van der Waals surface area contributed by atoms with Gasteiger partial charge in [0.25, 0.3) is 21.1 Å². The molecule has 0 radical (unpaired) electrons. The molecule has 0 heterocycles. The minimum Gasteiger partial charge on any atom is -0.427 e. The van der Waals surface area contributed by atoms with E-state index in [1.54, 1.807) is 0 Å². The number of hydrogen-bond acceptors (Lipinski definition) is 3. The third-order valence-electron chi connectivity index (χ3n) is 4.18. The second-order valence-electron chi connectivity index (χ2n) is 7.80. The molecule has 0 saturated carbocycles. The Bertz CT molecular complexity index is 230. The number of unbranched alkanes of at least 4 members (excludes halogenated alkanes) is 13. The first kappa shape index (κ1) is 26.8. The number of halogens is 1. The van der Waals surface area contributed by atoms with Gasteiger partial charge < -0.3 is 14.8 Å². The zero-order valence-corrected chi connectivity index (χ0v) is 18.8. The van der Waals surface area contributed by atoms with Gasteiger partial charge in [0.2, 0.25) is 0 Å². The number of nitrogens with zero attached hydrogens (tertiary/aromatic N) is 1. The highest BCUT2D eigenvalue weighted by Gasteiger charge is 2.04. The molecule has 0 bridgehead atoms. The van der Waals surface area contributed by atoms with Gasteiger partial charge in [-0.1, -0.05) is 84.0 Å². The summed E-state index contributed by atoms with van der Waals surface area (Å²) in [5.74, 6) is 0. The summed E-state index contributed by atoms with van der Waals surface area (Å²) in [5, 5.41) is 0. The lowest BCUT2D eigenvalue weighted by atomic mass is 10.0. The second-order valence-corrected chi connectivity index (χ2v) is 8.88. The van der Waals surface area contributed by atoms with E-state index in [1.807, 2.05) is 0 Å². The van der Waals surface area contributed by atoms with Crippen LogP contribution in [0.5, 0.6) is 0 Å². The van der Waals surface area contributed by atoms with Crippen LogP contribution in [0.3, 0.4) is 0 Å². The van der Waals surface area contributed by atoms with Gasteiger partial charge in [0, 0.05) is 0 Å². The Hall–Kier alpha value is 0.570. The standard InChI is InChI=1S/C19H42N.IO3/c1-5-6-7-8-9-10-11-12-13-14-15-16-17-18-19-20(2,3)4;2-1(3)4/h5-19H2,1-4H3;/q+1;-1. The fourth-order valence-corrected chi connectivity index (χ4v) is 2.78. The van der Waals surface area contributed by atoms with E-state index in [2.05, 4.69) is 28.1 Å². The molecule has 0 aliphatic carbocycles. The van der Waals surface area contributed by atoms with Crippen molar-refractivity contribution in [1.29, 1.82) is 0 Å². The van der Waals surface area contributed by atoms with Crippen molar-refractivity contribution in [3.8, 4) is 0 Å². The molecule has 5 heteroatoms. The summed E-state index contributed by atoms with van der Waals surface area (Å²) >= 11 is -4.01.